The molecule has 0 aliphatic carbocycles. The number of anilines is 1. The van der Waals surface area contributed by atoms with Gasteiger partial charge in [-0.15, -0.1) is 11.3 Å². The van der Waals surface area contributed by atoms with E-state index in [0.717, 1.165) is 11.1 Å². The number of hydrogen-bond acceptors (Lipinski definition) is 4. The van der Waals surface area contributed by atoms with Gasteiger partial charge in [0.1, 0.15) is 10.7 Å². The molecule has 1 heterocycles. The molecule has 0 fully saturated rings. The molecule has 0 aliphatic rings. The Morgan fingerprint density at radius 3 is 2.95 bits per heavy atom. The maximum Gasteiger partial charge on any atom is 0.265 e. The second-order valence-electron chi connectivity index (χ2n) is 4.56. The van der Waals surface area contributed by atoms with Crippen LogP contribution in [0.1, 0.15) is 16.1 Å². The van der Waals surface area contributed by atoms with Crippen LogP contribution in [0.25, 0.3) is 10.1 Å². The summed E-state index contributed by atoms with van der Waals surface area (Å²) in [4.78, 5) is 14.4. The number of carbonyl (C=O) groups is 1. The summed E-state index contributed by atoms with van der Waals surface area (Å²) in [7, 11) is 3.35. The molecule has 2 aromatic rings. The average molecular weight is 296 g/mol. The van der Waals surface area contributed by atoms with Gasteiger partial charge in [-0.3, -0.25) is 4.79 Å². The Morgan fingerprint density at radius 2 is 2.25 bits per heavy atom. The normalized spacial score (nSPS) is 10.9. The van der Waals surface area contributed by atoms with E-state index in [9.17, 15) is 9.18 Å². The van der Waals surface area contributed by atoms with E-state index >= 15 is 0 Å². The van der Waals surface area contributed by atoms with Crippen LogP contribution in [0, 0.1) is 5.82 Å². The number of nitrogens with two attached hydrogens (primary N) is 1. The number of methoxy groups -OCH3 is 1. The zero-order valence-electron chi connectivity index (χ0n) is 11.5. The molecule has 6 heteroatoms. The van der Waals surface area contributed by atoms with E-state index in [1.165, 1.54) is 23.5 Å². The summed E-state index contributed by atoms with van der Waals surface area (Å²) >= 11 is 1.29. The van der Waals surface area contributed by atoms with Crippen molar-refractivity contribution in [3.05, 3.63) is 28.9 Å². The first-order valence-electron chi connectivity index (χ1n) is 6.26. The minimum absolute atomic E-state index is 0.139. The number of halogens is 1. The summed E-state index contributed by atoms with van der Waals surface area (Å²) in [6.07, 6.45) is 0.762. The molecule has 2 rings (SSSR count). The van der Waals surface area contributed by atoms with E-state index in [0.29, 0.717) is 29.1 Å². The van der Waals surface area contributed by atoms with E-state index in [4.69, 9.17) is 10.5 Å². The molecule has 0 saturated carbocycles. The van der Waals surface area contributed by atoms with Crippen molar-refractivity contribution in [1.29, 1.82) is 0 Å². The van der Waals surface area contributed by atoms with Gasteiger partial charge in [0.25, 0.3) is 5.91 Å². The van der Waals surface area contributed by atoms with Crippen LogP contribution in [0.3, 0.4) is 0 Å². The van der Waals surface area contributed by atoms with Gasteiger partial charge in [0.15, 0.2) is 0 Å². The molecular weight excluding hydrogens is 279 g/mol. The molecule has 4 nitrogen and oxygen atoms in total. The lowest BCUT2D eigenvalue weighted by Gasteiger charge is -2.16. The number of thiophene rings is 1. The number of nitrogens with zero attached hydrogens (tertiary/aromatic N) is 1. The van der Waals surface area contributed by atoms with Gasteiger partial charge < -0.3 is 15.4 Å². The summed E-state index contributed by atoms with van der Waals surface area (Å²) in [5.41, 5.74) is 6.33. The summed E-state index contributed by atoms with van der Waals surface area (Å²) < 4.78 is 19.0. The van der Waals surface area contributed by atoms with Crippen molar-refractivity contribution in [3.8, 4) is 0 Å². The van der Waals surface area contributed by atoms with Crippen LogP contribution < -0.4 is 5.73 Å². The third-order valence-electron chi connectivity index (χ3n) is 3.07. The third kappa shape index (κ3) is 2.91. The second kappa shape index (κ2) is 6.19. The van der Waals surface area contributed by atoms with E-state index in [-0.39, 0.29) is 11.7 Å². The first-order valence-corrected chi connectivity index (χ1v) is 7.08. The van der Waals surface area contributed by atoms with E-state index in [1.807, 2.05) is 0 Å². The Bertz CT molecular complexity index is 627. The first-order chi connectivity index (χ1) is 9.54. The Morgan fingerprint density at radius 1 is 1.50 bits per heavy atom. The average Bonchev–Trinajstić information content (AvgIpc) is 2.75. The summed E-state index contributed by atoms with van der Waals surface area (Å²) in [6, 6.07) is 4.38. The number of rotatable bonds is 5. The highest BCUT2D eigenvalue weighted by Crippen LogP contribution is 2.34. The quantitative estimate of drug-likeness (QED) is 0.863. The Hall–Kier alpha value is -1.66. The van der Waals surface area contributed by atoms with Crippen molar-refractivity contribution >= 4 is 33.0 Å². The van der Waals surface area contributed by atoms with Crippen molar-refractivity contribution in [3.63, 3.8) is 0 Å². The molecule has 0 unspecified atom stereocenters. The standard InChI is InChI=1S/C14H17FN2O2S/c1-17(6-3-7-19-2)14(18)13-12(16)10-8-9(15)4-5-11(10)20-13/h4-5,8H,3,6-7,16H2,1-2H3. The van der Waals surface area contributed by atoms with Gasteiger partial charge in [0.2, 0.25) is 0 Å². The molecule has 0 saturated heterocycles. The number of amides is 1. The fourth-order valence-corrected chi connectivity index (χ4v) is 3.07. The van der Waals surface area contributed by atoms with Gasteiger partial charge >= 0.3 is 0 Å². The molecule has 20 heavy (non-hydrogen) atoms. The van der Waals surface area contributed by atoms with Crippen molar-refractivity contribution in [2.45, 2.75) is 6.42 Å². The minimum atomic E-state index is -0.352. The SMILES string of the molecule is COCCCN(C)C(=O)c1sc2ccc(F)cc2c1N. The van der Waals surface area contributed by atoms with Crippen molar-refractivity contribution in [1.82, 2.24) is 4.90 Å². The van der Waals surface area contributed by atoms with Gasteiger partial charge in [-0.05, 0) is 24.6 Å². The maximum absolute atomic E-state index is 13.2. The van der Waals surface area contributed by atoms with Crippen LogP contribution in [0.15, 0.2) is 18.2 Å². The maximum atomic E-state index is 13.2. The van der Waals surface area contributed by atoms with Crippen LogP contribution in [-0.2, 0) is 4.74 Å². The van der Waals surface area contributed by atoms with Crippen LogP contribution in [0.5, 0.6) is 0 Å². The smallest absolute Gasteiger partial charge is 0.265 e. The van der Waals surface area contributed by atoms with Gasteiger partial charge in [-0.25, -0.2) is 4.39 Å². The number of carbonyl (C=O) groups excluding carboxylic acids is 1. The predicted octanol–water partition coefficient (Wildman–Crippen LogP) is 2.73. The van der Waals surface area contributed by atoms with Gasteiger partial charge in [0, 0.05) is 37.4 Å². The van der Waals surface area contributed by atoms with Crippen LogP contribution in [0.4, 0.5) is 10.1 Å². The van der Waals surface area contributed by atoms with Crippen molar-refractivity contribution in [2.75, 3.05) is 33.0 Å². The number of nitrogen functional groups attached to an aromatic ring is 1. The predicted molar refractivity (Wildman–Crippen MR) is 79.6 cm³/mol. The summed E-state index contributed by atoms with van der Waals surface area (Å²) in [6.45, 7) is 1.19. The monoisotopic (exact) mass is 296 g/mol. The van der Waals surface area contributed by atoms with Gasteiger partial charge in [-0.2, -0.15) is 0 Å². The molecule has 0 radical (unpaired) electrons. The number of fused-ring (bicyclic) bond motifs is 1. The second-order valence-corrected chi connectivity index (χ2v) is 5.61. The summed E-state index contributed by atoms with van der Waals surface area (Å²) in [5, 5.41) is 0.601. The van der Waals surface area contributed by atoms with Crippen molar-refractivity contribution < 1.29 is 13.9 Å². The molecule has 1 aromatic carbocycles. The van der Waals surface area contributed by atoms with E-state index in [2.05, 4.69) is 0 Å². The molecular formula is C14H17FN2O2S. The highest BCUT2D eigenvalue weighted by atomic mass is 32.1. The van der Waals surface area contributed by atoms with Gasteiger partial charge in [0.05, 0.1) is 5.69 Å². The Kier molecular flexibility index (Phi) is 4.57. The largest absolute Gasteiger partial charge is 0.397 e. The lowest BCUT2D eigenvalue weighted by atomic mass is 10.2. The fourth-order valence-electron chi connectivity index (χ4n) is 1.97. The summed E-state index contributed by atoms with van der Waals surface area (Å²) in [5.74, 6) is -0.491. The van der Waals surface area contributed by atoms with E-state index < -0.39 is 0 Å². The third-order valence-corrected chi connectivity index (χ3v) is 4.25. The molecule has 0 spiro atoms. The molecule has 1 amide bonds. The van der Waals surface area contributed by atoms with Crippen molar-refractivity contribution in [2.24, 2.45) is 0 Å². The molecule has 108 valence electrons. The lowest BCUT2D eigenvalue weighted by Crippen LogP contribution is -2.28. The molecule has 2 N–H and O–H groups in total. The first kappa shape index (κ1) is 14.7. The Balaban J connectivity index is 2.24. The van der Waals surface area contributed by atoms with E-state index in [1.54, 1.807) is 25.1 Å². The van der Waals surface area contributed by atoms with Crippen LogP contribution in [-0.4, -0.2) is 38.1 Å². The number of hydrogen-bond donors (Lipinski definition) is 1. The highest BCUT2D eigenvalue weighted by molar-refractivity contribution is 7.21. The highest BCUT2D eigenvalue weighted by Gasteiger charge is 2.19. The molecule has 0 atom stereocenters. The van der Waals surface area contributed by atoms with Gasteiger partial charge in [-0.1, -0.05) is 0 Å². The number of benzene rings is 1. The van der Waals surface area contributed by atoms with Crippen LogP contribution in [0.2, 0.25) is 0 Å². The zero-order chi connectivity index (χ0) is 14.7. The fraction of sp³-hybridized carbons (Fsp3) is 0.357. The zero-order valence-corrected chi connectivity index (χ0v) is 12.3. The molecule has 0 aliphatic heterocycles. The topological polar surface area (TPSA) is 55.6 Å². The number of ether oxygens (including phenoxy) is 1. The van der Waals surface area contributed by atoms with Crippen LogP contribution >= 0.6 is 11.3 Å². The molecule has 0 bridgehead atoms. The Labute approximate surface area is 120 Å². The minimum Gasteiger partial charge on any atom is -0.397 e. The lowest BCUT2D eigenvalue weighted by molar-refractivity contribution is 0.0785. The molecule has 1 aromatic heterocycles.